The molecule has 1 atom stereocenters. The van der Waals surface area contributed by atoms with E-state index >= 15 is 0 Å². The van der Waals surface area contributed by atoms with Gasteiger partial charge in [0.05, 0.1) is 0 Å². The van der Waals surface area contributed by atoms with Crippen LogP contribution in [0.4, 0.5) is 0 Å². The number of halogens is 1. The minimum absolute atomic E-state index is 0.737. The molecular weight excluding hydrogens is 232 g/mol. The number of hydrogen-bond acceptors (Lipinski definition) is 1. The van der Waals surface area contributed by atoms with E-state index in [1.165, 1.54) is 28.6 Å². The van der Waals surface area contributed by atoms with E-state index < -0.39 is 0 Å². The zero-order valence-electron chi connectivity index (χ0n) is 7.64. The molecule has 1 unspecified atom stereocenters. The molecular formula is C10H15BrS. The van der Waals surface area contributed by atoms with Crippen molar-refractivity contribution in [2.75, 3.05) is 0 Å². The molecule has 12 heavy (non-hydrogen) atoms. The van der Waals surface area contributed by atoms with E-state index in [0.29, 0.717) is 0 Å². The molecule has 0 fully saturated rings. The molecule has 68 valence electrons. The predicted molar refractivity (Wildman–Crippen MR) is 60.0 cm³/mol. The Morgan fingerprint density at radius 3 is 2.83 bits per heavy atom. The van der Waals surface area contributed by atoms with E-state index in [0.717, 1.165) is 5.92 Å². The summed E-state index contributed by atoms with van der Waals surface area (Å²) < 4.78 is 1.23. The maximum absolute atomic E-state index is 3.48. The highest BCUT2D eigenvalue weighted by Gasteiger charge is 2.06. The number of thiophene rings is 1. The van der Waals surface area contributed by atoms with Crippen molar-refractivity contribution in [3.8, 4) is 0 Å². The first kappa shape index (κ1) is 10.3. The summed E-state index contributed by atoms with van der Waals surface area (Å²) in [6, 6.07) is 2.24. The van der Waals surface area contributed by atoms with Crippen molar-refractivity contribution in [2.24, 2.45) is 0 Å². The summed E-state index contributed by atoms with van der Waals surface area (Å²) in [5.41, 5.74) is 0. The van der Waals surface area contributed by atoms with Crippen LogP contribution in [0.1, 0.15) is 43.9 Å². The number of rotatable bonds is 4. The minimum Gasteiger partial charge on any atom is -0.147 e. The number of unbranched alkanes of at least 4 members (excludes halogenated alkanes) is 1. The fourth-order valence-electron chi connectivity index (χ4n) is 1.24. The lowest BCUT2D eigenvalue weighted by molar-refractivity contribution is 0.632. The molecule has 2 heteroatoms. The Kier molecular flexibility index (Phi) is 4.30. The fourth-order valence-corrected chi connectivity index (χ4v) is 2.78. The maximum atomic E-state index is 3.48. The zero-order valence-corrected chi connectivity index (χ0v) is 10.0. The van der Waals surface area contributed by atoms with Crippen LogP contribution in [0.25, 0.3) is 0 Å². The summed E-state index contributed by atoms with van der Waals surface area (Å²) in [6.45, 7) is 4.56. The molecule has 0 bridgehead atoms. The van der Waals surface area contributed by atoms with E-state index in [9.17, 15) is 0 Å². The van der Waals surface area contributed by atoms with Crippen molar-refractivity contribution in [1.82, 2.24) is 0 Å². The molecule has 0 aliphatic heterocycles. The smallest absolute Gasteiger partial charge is 0.0285 e. The first-order valence-electron chi connectivity index (χ1n) is 4.48. The van der Waals surface area contributed by atoms with Gasteiger partial charge in [-0.2, -0.15) is 0 Å². The van der Waals surface area contributed by atoms with Gasteiger partial charge in [0, 0.05) is 14.7 Å². The highest BCUT2D eigenvalue weighted by molar-refractivity contribution is 9.10. The van der Waals surface area contributed by atoms with Gasteiger partial charge in [0.2, 0.25) is 0 Å². The van der Waals surface area contributed by atoms with Gasteiger partial charge in [0.25, 0.3) is 0 Å². The second-order valence-corrected chi connectivity index (χ2v) is 5.07. The lowest BCUT2D eigenvalue weighted by atomic mass is 10.0. The Morgan fingerprint density at radius 1 is 1.58 bits per heavy atom. The Balaban J connectivity index is 2.47. The van der Waals surface area contributed by atoms with Crippen molar-refractivity contribution in [3.05, 3.63) is 20.8 Å². The molecule has 0 aliphatic carbocycles. The van der Waals surface area contributed by atoms with Gasteiger partial charge < -0.3 is 0 Å². The second kappa shape index (κ2) is 5.03. The summed E-state index contributed by atoms with van der Waals surface area (Å²) in [5, 5.41) is 2.16. The van der Waals surface area contributed by atoms with Crippen LogP contribution in [0.2, 0.25) is 0 Å². The molecule has 0 radical (unpaired) electrons. The van der Waals surface area contributed by atoms with E-state index in [2.05, 4.69) is 41.2 Å². The Bertz CT molecular complexity index is 229. The molecule has 0 amide bonds. The van der Waals surface area contributed by atoms with Gasteiger partial charge in [-0.25, -0.2) is 0 Å². The van der Waals surface area contributed by atoms with Crippen LogP contribution in [0.15, 0.2) is 15.9 Å². The SMILES string of the molecule is CCCCC(C)c1cc(Br)cs1. The van der Waals surface area contributed by atoms with Crippen LogP contribution in [-0.4, -0.2) is 0 Å². The average Bonchev–Trinajstić information content (AvgIpc) is 2.47. The fraction of sp³-hybridized carbons (Fsp3) is 0.600. The molecule has 0 N–H and O–H groups in total. The topological polar surface area (TPSA) is 0 Å². The molecule has 0 saturated heterocycles. The van der Waals surface area contributed by atoms with E-state index in [1.54, 1.807) is 0 Å². The van der Waals surface area contributed by atoms with Crippen molar-refractivity contribution in [3.63, 3.8) is 0 Å². The van der Waals surface area contributed by atoms with Crippen LogP contribution < -0.4 is 0 Å². The summed E-state index contributed by atoms with van der Waals surface area (Å²) in [7, 11) is 0. The van der Waals surface area contributed by atoms with Gasteiger partial charge in [-0.3, -0.25) is 0 Å². The molecule has 0 aromatic carbocycles. The van der Waals surface area contributed by atoms with Crippen molar-refractivity contribution >= 4 is 27.3 Å². The first-order valence-corrected chi connectivity index (χ1v) is 6.15. The zero-order chi connectivity index (χ0) is 8.97. The molecule has 0 nitrogen and oxygen atoms in total. The Labute approximate surface area is 87.1 Å². The molecule has 1 aromatic heterocycles. The van der Waals surface area contributed by atoms with Gasteiger partial charge in [0.15, 0.2) is 0 Å². The minimum atomic E-state index is 0.737. The van der Waals surface area contributed by atoms with Crippen LogP contribution in [0.3, 0.4) is 0 Å². The van der Waals surface area contributed by atoms with Crippen LogP contribution in [-0.2, 0) is 0 Å². The Hall–Kier alpha value is 0.180. The average molecular weight is 247 g/mol. The molecule has 1 rings (SSSR count). The van der Waals surface area contributed by atoms with E-state index in [-0.39, 0.29) is 0 Å². The standard InChI is InChI=1S/C10H15BrS/c1-3-4-5-8(2)10-6-9(11)7-12-10/h6-8H,3-5H2,1-2H3. The lowest BCUT2D eigenvalue weighted by Gasteiger charge is -2.06. The molecule has 0 spiro atoms. The van der Waals surface area contributed by atoms with Gasteiger partial charge in [-0.15, -0.1) is 11.3 Å². The summed E-state index contributed by atoms with van der Waals surface area (Å²) >= 11 is 5.34. The van der Waals surface area contributed by atoms with Crippen LogP contribution >= 0.6 is 27.3 Å². The van der Waals surface area contributed by atoms with Gasteiger partial charge in [-0.05, 0) is 34.3 Å². The quantitative estimate of drug-likeness (QED) is 0.716. The van der Waals surface area contributed by atoms with Crippen molar-refractivity contribution < 1.29 is 0 Å². The monoisotopic (exact) mass is 246 g/mol. The third-order valence-electron chi connectivity index (χ3n) is 2.06. The van der Waals surface area contributed by atoms with Crippen molar-refractivity contribution in [2.45, 2.75) is 39.0 Å². The van der Waals surface area contributed by atoms with E-state index in [1.807, 2.05) is 11.3 Å². The second-order valence-electron chi connectivity index (χ2n) is 3.21. The maximum Gasteiger partial charge on any atom is 0.0285 e. The number of hydrogen-bond donors (Lipinski definition) is 0. The first-order chi connectivity index (χ1) is 5.74. The highest BCUT2D eigenvalue weighted by atomic mass is 79.9. The van der Waals surface area contributed by atoms with Gasteiger partial charge >= 0.3 is 0 Å². The molecule has 1 heterocycles. The highest BCUT2D eigenvalue weighted by Crippen LogP contribution is 2.29. The summed E-state index contributed by atoms with van der Waals surface area (Å²) in [4.78, 5) is 1.51. The molecule has 0 saturated carbocycles. The van der Waals surface area contributed by atoms with Crippen LogP contribution in [0.5, 0.6) is 0 Å². The largest absolute Gasteiger partial charge is 0.147 e. The third-order valence-corrected chi connectivity index (χ3v) is 3.99. The predicted octanol–water partition coefficient (Wildman–Crippen LogP) is 4.80. The molecule has 0 aliphatic rings. The van der Waals surface area contributed by atoms with Crippen LogP contribution in [0, 0.1) is 0 Å². The molecule has 1 aromatic rings. The van der Waals surface area contributed by atoms with E-state index in [4.69, 9.17) is 0 Å². The normalized spacial score (nSPS) is 13.2. The summed E-state index contributed by atoms with van der Waals surface area (Å²) in [6.07, 6.45) is 3.97. The van der Waals surface area contributed by atoms with Crippen molar-refractivity contribution in [1.29, 1.82) is 0 Å². The van der Waals surface area contributed by atoms with Gasteiger partial charge in [-0.1, -0.05) is 26.7 Å². The summed E-state index contributed by atoms with van der Waals surface area (Å²) in [5.74, 6) is 0.737. The van der Waals surface area contributed by atoms with Gasteiger partial charge in [0.1, 0.15) is 0 Å². The Morgan fingerprint density at radius 2 is 2.33 bits per heavy atom. The third kappa shape index (κ3) is 2.91. The lowest BCUT2D eigenvalue weighted by Crippen LogP contribution is -1.88.